The largest absolute Gasteiger partial charge is 0.382 e. The van der Waals surface area contributed by atoms with Crippen molar-refractivity contribution in [3.63, 3.8) is 0 Å². The van der Waals surface area contributed by atoms with Gasteiger partial charge in [-0.25, -0.2) is 4.98 Å². The van der Waals surface area contributed by atoms with E-state index >= 15 is 0 Å². The van der Waals surface area contributed by atoms with Crippen molar-refractivity contribution in [3.05, 3.63) is 57.0 Å². The van der Waals surface area contributed by atoms with E-state index in [1.807, 2.05) is 30.3 Å². The first kappa shape index (κ1) is 14.4. The highest BCUT2D eigenvalue weighted by atomic mass is 79.9. The summed E-state index contributed by atoms with van der Waals surface area (Å²) in [5.41, 5.74) is 6.58. The van der Waals surface area contributed by atoms with Crippen LogP contribution in [0.4, 0.5) is 17.3 Å². The molecule has 106 valence electrons. The molecule has 0 saturated carbocycles. The minimum atomic E-state index is 0.244. The molecule has 1 heterocycles. The predicted octanol–water partition coefficient (Wildman–Crippen LogP) is 5.63. The molecule has 0 aliphatic heterocycles. The molecule has 21 heavy (non-hydrogen) atoms. The van der Waals surface area contributed by atoms with E-state index in [-0.39, 0.29) is 5.82 Å². The molecule has 0 spiro atoms. The summed E-state index contributed by atoms with van der Waals surface area (Å²) in [6, 6.07) is 13.7. The SMILES string of the molecule is Nc1nc(Nc2ccc3cc(Br)ccc3c2)c(Cl)cc1Cl. The van der Waals surface area contributed by atoms with Crippen molar-refractivity contribution >= 4 is 67.2 Å². The Kier molecular flexibility index (Phi) is 3.93. The van der Waals surface area contributed by atoms with E-state index in [1.165, 1.54) is 0 Å². The maximum Gasteiger partial charge on any atom is 0.151 e. The molecule has 0 bridgehead atoms. The molecule has 0 amide bonds. The Balaban J connectivity index is 1.98. The van der Waals surface area contributed by atoms with E-state index in [9.17, 15) is 0 Å². The molecule has 0 unspecified atom stereocenters. The minimum absolute atomic E-state index is 0.244. The average molecular weight is 383 g/mol. The van der Waals surface area contributed by atoms with Gasteiger partial charge < -0.3 is 11.1 Å². The molecule has 0 fully saturated rings. The normalized spacial score (nSPS) is 10.8. The van der Waals surface area contributed by atoms with Crippen LogP contribution in [0.25, 0.3) is 10.8 Å². The van der Waals surface area contributed by atoms with Gasteiger partial charge in [-0.2, -0.15) is 0 Å². The smallest absolute Gasteiger partial charge is 0.151 e. The van der Waals surface area contributed by atoms with Gasteiger partial charge in [0, 0.05) is 10.2 Å². The number of nitrogen functional groups attached to an aromatic ring is 1. The summed E-state index contributed by atoms with van der Waals surface area (Å²) < 4.78 is 1.05. The van der Waals surface area contributed by atoms with Gasteiger partial charge in [0.25, 0.3) is 0 Å². The highest BCUT2D eigenvalue weighted by Gasteiger charge is 2.07. The quantitative estimate of drug-likeness (QED) is 0.603. The van der Waals surface area contributed by atoms with Gasteiger partial charge in [-0.15, -0.1) is 0 Å². The Morgan fingerprint density at radius 3 is 2.48 bits per heavy atom. The van der Waals surface area contributed by atoms with E-state index in [1.54, 1.807) is 6.07 Å². The van der Waals surface area contributed by atoms with Crippen LogP contribution in [0.2, 0.25) is 10.0 Å². The predicted molar refractivity (Wildman–Crippen MR) is 93.6 cm³/mol. The number of fused-ring (bicyclic) bond motifs is 1. The molecule has 0 aliphatic rings. The molecule has 0 radical (unpaired) electrons. The number of rotatable bonds is 2. The number of nitrogens with one attached hydrogen (secondary N) is 1. The van der Waals surface area contributed by atoms with Crippen LogP contribution in [-0.4, -0.2) is 4.98 Å². The van der Waals surface area contributed by atoms with Crippen LogP contribution in [0.1, 0.15) is 0 Å². The molecule has 3 aromatic rings. The van der Waals surface area contributed by atoms with Gasteiger partial charge in [0.2, 0.25) is 0 Å². The van der Waals surface area contributed by atoms with Crippen molar-refractivity contribution in [2.45, 2.75) is 0 Å². The third-order valence-corrected chi connectivity index (χ3v) is 4.11. The van der Waals surface area contributed by atoms with Crippen molar-refractivity contribution in [2.24, 2.45) is 0 Å². The number of aromatic nitrogens is 1. The van der Waals surface area contributed by atoms with Gasteiger partial charge in [-0.1, -0.05) is 51.3 Å². The van der Waals surface area contributed by atoms with Gasteiger partial charge in [0.1, 0.15) is 5.82 Å². The second-order valence-electron chi connectivity index (χ2n) is 4.52. The first-order chi connectivity index (χ1) is 10.0. The number of pyridine rings is 1. The summed E-state index contributed by atoms with van der Waals surface area (Å²) in [6.45, 7) is 0. The summed E-state index contributed by atoms with van der Waals surface area (Å²) >= 11 is 15.5. The number of benzene rings is 2. The number of anilines is 3. The summed E-state index contributed by atoms with van der Waals surface area (Å²) in [5, 5.41) is 6.17. The van der Waals surface area contributed by atoms with Crippen molar-refractivity contribution in [2.75, 3.05) is 11.1 Å². The highest BCUT2D eigenvalue weighted by molar-refractivity contribution is 9.10. The van der Waals surface area contributed by atoms with Crippen LogP contribution in [0.5, 0.6) is 0 Å². The van der Waals surface area contributed by atoms with E-state index in [2.05, 4.69) is 32.3 Å². The molecule has 0 aliphatic carbocycles. The second-order valence-corrected chi connectivity index (χ2v) is 6.25. The maximum atomic E-state index is 6.12. The molecular formula is C15H10BrCl2N3. The van der Waals surface area contributed by atoms with Crippen molar-refractivity contribution in [3.8, 4) is 0 Å². The highest BCUT2D eigenvalue weighted by Crippen LogP contribution is 2.30. The number of hydrogen-bond donors (Lipinski definition) is 2. The summed E-state index contributed by atoms with van der Waals surface area (Å²) in [6.07, 6.45) is 0. The Morgan fingerprint density at radius 2 is 1.67 bits per heavy atom. The van der Waals surface area contributed by atoms with Crippen LogP contribution in [-0.2, 0) is 0 Å². The van der Waals surface area contributed by atoms with E-state index in [0.29, 0.717) is 15.9 Å². The topological polar surface area (TPSA) is 50.9 Å². The Bertz CT molecular complexity index is 837. The Hall–Kier alpha value is -1.49. The van der Waals surface area contributed by atoms with Gasteiger partial charge in [-0.05, 0) is 41.1 Å². The number of hydrogen-bond acceptors (Lipinski definition) is 3. The van der Waals surface area contributed by atoms with Crippen LogP contribution in [0.3, 0.4) is 0 Å². The molecule has 2 aromatic carbocycles. The summed E-state index contributed by atoms with van der Waals surface area (Å²) in [5.74, 6) is 0.725. The molecule has 3 N–H and O–H groups in total. The zero-order chi connectivity index (χ0) is 15.0. The lowest BCUT2D eigenvalue weighted by Gasteiger charge is -2.10. The third kappa shape index (κ3) is 3.07. The lowest BCUT2D eigenvalue weighted by molar-refractivity contribution is 1.32. The second kappa shape index (κ2) is 5.72. The van der Waals surface area contributed by atoms with Gasteiger partial charge in [0.15, 0.2) is 5.82 Å². The van der Waals surface area contributed by atoms with Crippen molar-refractivity contribution in [1.29, 1.82) is 0 Å². The van der Waals surface area contributed by atoms with Crippen LogP contribution >= 0.6 is 39.1 Å². The first-order valence-corrected chi connectivity index (χ1v) is 7.66. The van der Waals surface area contributed by atoms with Crippen LogP contribution in [0, 0.1) is 0 Å². The van der Waals surface area contributed by atoms with Gasteiger partial charge >= 0.3 is 0 Å². The van der Waals surface area contributed by atoms with E-state index in [4.69, 9.17) is 28.9 Å². The molecule has 0 saturated heterocycles. The fourth-order valence-electron chi connectivity index (χ4n) is 2.00. The molecular weight excluding hydrogens is 373 g/mol. The first-order valence-electron chi connectivity index (χ1n) is 6.11. The fraction of sp³-hybridized carbons (Fsp3) is 0. The van der Waals surface area contributed by atoms with Crippen molar-refractivity contribution < 1.29 is 0 Å². The average Bonchev–Trinajstić information content (AvgIpc) is 2.45. The Morgan fingerprint density at radius 1 is 0.952 bits per heavy atom. The van der Waals surface area contributed by atoms with Crippen LogP contribution < -0.4 is 11.1 Å². The standard InChI is InChI=1S/C15H10BrCl2N3/c16-10-3-1-9-6-11(4-2-8(9)5-10)20-15-13(18)7-12(17)14(19)21-15/h1-7H,(H3,19,20,21). The van der Waals surface area contributed by atoms with Crippen LogP contribution in [0.15, 0.2) is 46.9 Å². The van der Waals surface area contributed by atoms with E-state index < -0.39 is 0 Å². The Labute approximate surface area is 140 Å². The molecule has 0 atom stereocenters. The summed E-state index contributed by atoms with van der Waals surface area (Å²) in [7, 11) is 0. The molecule has 3 rings (SSSR count). The van der Waals surface area contributed by atoms with E-state index in [0.717, 1.165) is 20.9 Å². The number of nitrogens with zero attached hydrogens (tertiary/aromatic N) is 1. The molecule has 1 aromatic heterocycles. The third-order valence-electron chi connectivity index (χ3n) is 3.02. The zero-order valence-corrected chi connectivity index (χ0v) is 13.8. The minimum Gasteiger partial charge on any atom is -0.382 e. The zero-order valence-electron chi connectivity index (χ0n) is 10.7. The van der Waals surface area contributed by atoms with Crippen molar-refractivity contribution in [1.82, 2.24) is 4.98 Å². The number of halogens is 3. The summed E-state index contributed by atoms with van der Waals surface area (Å²) in [4.78, 5) is 4.16. The maximum absolute atomic E-state index is 6.12. The molecule has 6 heteroatoms. The lowest BCUT2D eigenvalue weighted by Crippen LogP contribution is -1.99. The fourth-order valence-corrected chi connectivity index (χ4v) is 2.78. The molecule has 3 nitrogen and oxygen atoms in total. The lowest BCUT2D eigenvalue weighted by atomic mass is 10.1. The number of nitrogens with two attached hydrogens (primary N) is 1. The van der Waals surface area contributed by atoms with Gasteiger partial charge in [-0.3, -0.25) is 0 Å². The van der Waals surface area contributed by atoms with Gasteiger partial charge in [0.05, 0.1) is 10.0 Å². The monoisotopic (exact) mass is 381 g/mol.